The normalized spacial score (nSPS) is 10.6. The maximum absolute atomic E-state index is 11.7. The lowest BCUT2D eigenvalue weighted by Crippen LogP contribution is -2.28. The van der Waals surface area contributed by atoms with Crippen LogP contribution in [0, 0.1) is 13.8 Å². The Morgan fingerprint density at radius 3 is 2.72 bits per heavy atom. The summed E-state index contributed by atoms with van der Waals surface area (Å²) in [6.07, 6.45) is 1.69. The van der Waals surface area contributed by atoms with Crippen molar-refractivity contribution in [1.29, 1.82) is 0 Å². The van der Waals surface area contributed by atoms with E-state index >= 15 is 0 Å². The zero-order valence-electron chi connectivity index (χ0n) is 10.8. The first-order valence-electron chi connectivity index (χ1n) is 5.81. The molecule has 2 heterocycles. The lowest BCUT2D eigenvalue weighted by Gasteiger charge is -2.05. The van der Waals surface area contributed by atoms with Gasteiger partial charge in [0.25, 0.3) is 0 Å². The average Bonchev–Trinajstić information content (AvgIpc) is 2.85. The van der Waals surface area contributed by atoms with E-state index in [-0.39, 0.29) is 12.5 Å². The zero-order valence-corrected chi connectivity index (χ0v) is 10.8. The second-order valence-corrected chi connectivity index (χ2v) is 4.31. The van der Waals surface area contributed by atoms with E-state index in [1.54, 1.807) is 15.6 Å². The second kappa shape index (κ2) is 5.03. The molecule has 0 aliphatic rings. The van der Waals surface area contributed by atoms with Gasteiger partial charge in [-0.3, -0.25) is 14.2 Å². The standard InChI is InChI=1S/C12H17N5O/c1-9-4-5-14-17(9)8-12(18)13-7-11-6-10(2)16(3)15-11/h4-6H,7-8H2,1-3H3,(H,13,18). The van der Waals surface area contributed by atoms with Crippen molar-refractivity contribution in [2.24, 2.45) is 7.05 Å². The molecule has 0 unspecified atom stereocenters. The van der Waals surface area contributed by atoms with Crippen LogP contribution in [-0.4, -0.2) is 25.5 Å². The Hall–Kier alpha value is -2.11. The molecular formula is C12H17N5O. The van der Waals surface area contributed by atoms with Crippen molar-refractivity contribution >= 4 is 5.91 Å². The van der Waals surface area contributed by atoms with Crippen LogP contribution in [-0.2, 0) is 24.9 Å². The van der Waals surface area contributed by atoms with Crippen LogP contribution in [0.5, 0.6) is 0 Å². The third-order valence-electron chi connectivity index (χ3n) is 2.85. The molecule has 6 nitrogen and oxygen atoms in total. The van der Waals surface area contributed by atoms with Gasteiger partial charge in [0.2, 0.25) is 5.91 Å². The lowest BCUT2D eigenvalue weighted by molar-refractivity contribution is -0.122. The Bertz CT molecular complexity index is 535. The summed E-state index contributed by atoms with van der Waals surface area (Å²) < 4.78 is 3.46. The predicted octanol–water partition coefficient (Wildman–Crippen LogP) is 0.550. The summed E-state index contributed by atoms with van der Waals surface area (Å²) in [6.45, 7) is 4.58. The molecule has 1 amide bonds. The van der Waals surface area contributed by atoms with Gasteiger partial charge in [-0.1, -0.05) is 0 Å². The monoisotopic (exact) mass is 247 g/mol. The van der Waals surface area contributed by atoms with E-state index in [4.69, 9.17) is 0 Å². The SMILES string of the molecule is Cc1cc(CNC(=O)Cn2nccc2C)nn1C. The molecule has 0 spiro atoms. The van der Waals surface area contributed by atoms with Gasteiger partial charge in [-0.05, 0) is 26.0 Å². The number of hydrogen-bond donors (Lipinski definition) is 1. The Kier molecular flexibility index (Phi) is 3.45. The van der Waals surface area contributed by atoms with E-state index in [2.05, 4.69) is 15.5 Å². The van der Waals surface area contributed by atoms with Gasteiger partial charge in [0.15, 0.2) is 0 Å². The second-order valence-electron chi connectivity index (χ2n) is 4.31. The molecular weight excluding hydrogens is 230 g/mol. The van der Waals surface area contributed by atoms with Crippen LogP contribution in [0.25, 0.3) is 0 Å². The smallest absolute Gasteiger partial charge is 0.242 e. The topological polar surface area (TPSA) is 64.7 Å². The molecule has 0 aromatic carbocycles. The summed E-state index contributed by atoms with van der Waals surface area (Å²) in [6, 6.07) is 3.83. The number of carbonyl (C=O) groups is 1. The van der Waals surface area contributed by atoms with E-state index in [0.29, 0.717) is 6.54 Å². The van der Waals surface area contributed by atoms with Crippen LogP contribution < -0.4 is 5.32 Å². The first-order chi connectivity index (χ1) is 8.56. The predicted molar refractivity (Wildman–Crippen MR) is 66.8 cm³/mol. The maximum atomic E-state index is 11.7. The highest BCUT2D eigenvalue weighted by Gasteiger charge is 2.06. The van der Waals surface area contributed by atoms with Crippen LogP contribution >= 0.6 is 0 Å². The third kappa shape index (κ3) is 2.77. The van der Waals surface area contributed by atoms with Crippen LogP contribution in [0.2, 0.25) is 0 Å². The molecule has 6 heteroatoms. The average molecular weight is 247 g/mol. The van der Waals surface area contributed by atoms with E-state index in [0.717, 1.165) is 17.1 Å². The fraction of sp³-hybridized carbons (Fsp3) is 0.417. The highest BCUT2D eigenvalue weighted by molar-refractivity contribution is 5.75. The van der Waals surface area contributed by atoms with Gasteiger partial charge >= 0.3 is 0 Å². The summed E-state index contributed by atoms with van der Waals surface area (Å²) in [5, 5.41) is 11.2. The van der Waals surface area contributed by atoms with Gasteiger partial charge < -0.3 is 5.32 Å². The Labute approximate surface area is 106 Å². The molecule has 0 aliphatic heterocycles. The van der Waals surface area contributed by atoms with E-state index in [1.165, 1.54) is 0 Å². The molecule has 0 atom stereocenters. The third-order valence-corrected chi connectivity index (χ3v) is 2.85. The molecule has 0 bridgehead atoms. The highest BCUT2D eigenvalue weighted by atomic mass is 16.2. The molecule has 0 radical (unpaired) electrons. The van der Waals surface area contributed by atoms with Crippen molar-refractivity contribution in [2.45, 2.75) is 26.9 Å². The van der Waals surface area contributed by atoms with Gasteiger partial charge in [-0.25, -0.2) is 0 Å². The fourth-order valence-electron chi connectivity index (χ4n) is 1.67. The number of rotatable bonds is 4. The van der Waals surface area contributed by atoms with Gasteiger partial charge in [0.05, 0.1) is 12.2 Å². The zero-order chi connectivity index (χ0) is 13.1. The minimum atomic E-state index is -0.0647. The van der Waals surface area contributed by atoms with Crippen LogP contribution in [0.3, 0.4) is 0 Å². The van der Waals surface area contributed by atoms with Crippen molar-refractivity contribution in [1.82, 2.24) is 24.9 Å². The quantitative estimate of drug-likeness (QED) is 0.858. The molecule has 2 rings (SSSR count). The number of aryl methyl sites for hydroxylation is 3. The molecule has 0 aliphatic carbocycles. The van der Waals surface area contributed by atoms with Crippen LogP contribution in [0.1, 0.15) is 17.1 Å². The largest absolute Gasteiger partial charge is 0.349 e. The molecule has 2 aromatic rings. The molecule has 2 aromatic heterocycles. The highest BCUT2D eigenvalue weighted by Crippen LogP contribution is 2.01. The minimum Gasteiger partial charge on any atom is -0.349 e. The fourth-order valence-corrected chi connectivity index (χ4v) is 1.67. The van der Waals surface area contributed by atoms with E-state index in [1.807, 2.05) is 33.0 Å². The molecule has 96 valence electrons. The Morgan fingerprint density at radius 2 is 2.17 bits per heavy atom. The van der Waals surface area contributed by atoms with Crippen molar-refractivity contribution in [3.05, 3.63) is 35.4 Å². The molecule has 0 fully saturated rings. The summed E-state index contributed by atoms with van der Waals surface area (Å²) >= 11 is 0. The number of amides is 1. The van der Waals surface area contributed by atoms with Gasteiger partial charge in [0, 0.05) is 24.6 Å². The lowest BCUT2D eigenvalue weighted by atomic mass is 10.3. The summed E-state index contributed by atoms with van der Waals surface area (Å²) in [5.41, 5.74) is 2.90. The number of nitrogens with one attached hydrogen (secondary N) is 1. The Balaban J connectivity index is 1.87. The van der Waals surface area contributed by atoms with Gasteiger partial charge in [-0.2, -0.15) is 10.2 Å². The summed E-state index contributed by atoms with van der Waals surface area (Å²) in [4.78, 5) is 11.7. The first kappa shape index (κ1) is 12.3. The molecule has 0 saturated heterocycles. The van der Waals surface area contributed by atoms with Crippen molar-refractivity contribution in [3.63, 3.8) is 0 Å². The molecule has 18 heavy (non-hydrogen) atoms. The van der Waals surface area contributed by atoms with Crippen molar-refractivity contribution in [2.75, 3.05) is 0 Å². The van der Waals surface area contributed by atoms with Gasteiger partial charge in [0.1, 0.15) is 6.54 Å². The van der Waals surface area contributed by atoms with Crippen molar-refractivity contribution < 1.29 is 4.79 Å². The van der Waals surface area contributed by atoms with Gasteiger partial charge in [-0.15, -0.1) is 0 Å². The number of nitrogens with zero attached hydrogens (tertiary/aromatic N) is 4. The Morgan fingerprint density at radius 1 is 1.39 bits per heavy atom. The maximum Gasteiger partial charge on any atom is 0.242 e. The van der Waals surface area contributed by atoms with E-state index < -0.39 is 0 Å². The van der Waals surface area contributed by atoms with E-state index in [9.17, 15) is 4.79 Å². The summed E-state index contributed by atoms with van der Waals surface area (Å²) in [7, 11) is 1.88. The summed E-state index contributed by atoms with van der Waals surface area (Å²) in [5.74, 6) is -0.0647. The number of hydrogen-bond acceptors (Lipinski definition) is 3. The van der Waals surface area contributed by atoms with Crippen molar-refractivity contribution in [3.8, 4) is 0 Å². The minimum absolute atomic E-state index is 0.0647. The number of aromatic nitrogens is 4. The van der Waals surface area contributed by atoms with Crippen LogP contribution in [0.4, 0.5) is 0 Å². The molecule has 1 N–H and O–H groups in total. The molecule has 0 saturated carbocycles. The van der Waals surface area contributed by atoms with Crippen LogP contribution in [0.15, 0.2) is 18.3 Å². The number of carbonyl (C=O) groups excluding carboxylic acids is 1. The first-order valence-corrected chi connectivity index (χ1v) is 5.81.